The van der Waals surface area contributed by atoms with Crippen molar-refractivity contribution in [1.29, 1.82) is 0 Å². The Hall–Kier alpha value is -3.71. The molecule has 0 spiro atoms. The third-order valence-electron chi connectivity index (χ3n) is 5.40. The molecule has 7 heteroatoms. The van der Waals surface area contributed by atoms with Crippen LogP contribution < -0.4 is 9.64 Å². The van der Waals surface area contributed by atoms with Crippen molar-refractivity contribution >= 4 is 28.0 Å². The number of carbonyl (C=O) groups excluding carboxylic acids is 1. The molecule has 0 radical (unpaired) electrons. The van der Waals surface area contributed by atoms with E-state index in [4.69, 9.17) is 9.15 Å². The highest BCUT2D eigenvalue weighted by molar-refractivity contribution is 7.14. The van der Waals surface area contributed by atoms with Crippen LogP contribution in [0.5, 0.6) is 5.75 Å². The third kappa shape index (κ3) is 3.71. The molecule has 0 bridgehead atoms. The van der Waals surface area contributed by atoms with Gasteiger partial charge in [-0.25, -0.2) is 4.98 Å². The van der Waals surface area contributed by atoms with Gasteiger partial charge in [-0.1, -0.05) is 18.2 Å². The van der Waals surface area contributed by atoms with Crippen LogP contribution in [-0.2, 0) is 11.3 Å². The number of fused-ring (bicyclic) bond motifs is 1. The molecule has 0 unspecified atom stereocenters. The first kappa shape index (κ1) is 20.2. The summed E-state index contributed by atoms with van der Waals surface area (Å²) in [5.74, 6) is 1.97. The maximum Gasteiger partial charge on any atom is 0.249 e. The largest absolute Gasteiger partial charge is 0.497 e. The van der Waals surface area contributed by atoms with E-state index in [-0.39, 0.29) is 12.5 Å². The van der Waals surface area contributed by atoms with Crippen molar-refractivity contribution in [2.75, 3.05) is 18.6 Å². The summed E-state index contributed by atoms with van der Waals surface area (Å²) >= 11 is 1.53. The van der Waals surface area contributed by atoms with E-state index in [1.165, 1.54) is 11.3 Å². The summed E-state index contributed by atoms with van der Waals surface area (Å²) < 4.78 is 11.2. The number of hydrogen-bond acceptors (Lipinski definition) is 6. The minimum Gasteiger partial charge on any atom is -0.497 e. The number of ether oxygens (including phenoxy) is 1. The number of nitrogens with zero attached hydrogens (tertiary/aromatic N) is 3. The van der Waals surface area contributed by atoms with E-state index in [9.17, 15) is 4.79 Å². The number of rotatable bonds is 5. The van der Waals surface area contributed by atoms with Gasteiger partial charge in [0.1, 0.15) is 28.7 Å². The van der Waals surface area contributed by atoms with Gasteiger partial charge in [0, 0.05) is 16.7 Å². The van der Waals surface area contributed by atoms with Gasteiger partial charge in [0.2, 0.25) is 11.8 Å². The second-order valence-corrected chi connectivity index (χ2v) is 8.30. The van der Waals surface area contributed by atoms with E-state index >= 15 is 0 Å². The first-order valence-electron chi connectivity index (χ1n) is 10.2. The van der Waals surface area contributed by atoms with Gasteiger partial charge in [-0.2, -0.15) is 0 Å². The van der Waals surface area contributed by atoms with Crippen molar-refractivity contribution in [3.8, 4) is 17.2 Å². The average Bonchev–Trinajstić information content (AvgIpc) is 3.42. The molecule has 1 aliphatic heterocycles. The molecule has 1 amide bonds. The predicted molar refractivity (Wildman–Crippen MR) is 126 cm³/mol. The van der Waals surface area contributed by atoms with E-state index < -0.39 is 0 Å². The lowest BCUT2D eigenvalue weighted by Gasteiger charge is -2.19. The van der Waals surface area contributed by atoms with Crippen molar-refractivity contribution < 1.29 is 13.9 Å². The number of carbonyl (C=O) groups is 1. The monoisotopic (exact) mass is 443 g/mol. The van der Waals surface area contributed by atoms with Crippen LogP contribution in [0.1, 0.15) is 22.6 Å². The van der Waals surface area contributed by atoms with Crippen molar-refractivity contribution in [2.24, 2.45) is 4.99 Å². The summed E-state index contributed by atoms with van der Waals surface area (Å²) in [7, 11) is 1.64. The highest BCUT2D eigenvalue weighted by atomic mass is 32.1. The Morgan fingerprint density at radius 1 is 1.06 bits per heavy atom. The van der Waals surface area contributed by atoms with Crippen LogP contribution in [0, 0.1) is 6.92 Å². The van der Waals surface area contributed by atoms with E-state index in [1.54, 1.807) is 12.0 Å². The molecule has 2 aromatic heterocycles. The molecule has 2 aromatic carbocycles. The molecule has 3 heterocycles. The summed E-state index contributed by atoms with van der Waals surface area (Å²) in [5, 5.41) is 2.85. The first-order valence-corrected chi connectivity index (χ1v) is 11.1. The molecule has 4 aromatic rings. The zero-order valence-electron chi connectivity index (χ0n) is 17.7. The van der Waals surface area contributed by atoms with Crippen LogP contribution in [0.4, 0.5) is 5.00 Å². The van der Waals surface area contributed by atoms with Crippen molar-refractivity contribution in [3.63, 3.8) is 0 Å². The Labute approximate surface area is 189 Å². The molecule has 160 valence electrons. The van der Waals surface area contributed by atoms with Crippen LogP contribution in [0.3, 0.4) is 0 Å². The summed E-state index contributed by atoms with van der Waals surface area (Å²) in [6.07, 6.45) is 0. The second-order valence-electron chi connectivity index (χ2n) is 7.40. The van der Waals surface area contributed by atoms with Gasteiger partial charge in [-0.3, -0.25) is 14.7 Å². The molecule has 0 atom stereocenters. The molecular weight excluding hydrogens is 422 g/mol. The summed E-state index contributed by atoms with van der Waals surface area (Å²) in [4.78, 5) is 24.2. The minimum absolute atomic E-state index is 0.0686. The lowest BCUT2D eigenvalue weighted by molar-refractivity contribution is -0.117. The fraction of sp³-hybridized carbons (Fsp3) is 0.160. The first-order chi connectivity index (χ1) is 15.6. The molecule has 32 heavy (non-hydrogen) atoms. The third-order valence-corrected chi connectivity index (χ3v) is 6.34. The summed E-state index contributed by atoms with van der Waals surface area (Å²) in [6.45, 7) is 2.29. The fourth-order valence-electron chi connectivity index (χ4n) is 3.71. The molecule has 0 aliphatic carbocycles. The number of methoxy groups -OCH3 is 1. The van der Waals surface area contributed by atoms with E-state index in [2.05, 4.69) is 9.98 Å². The number of hydrogen-bond donors (Lipinski definition) is 0. The number of aryl methyl sites for hydroxylation is 1. The molecule has 0 fully saturated rings. The zero-order chi connectivity index (χ0) is 22.1. The maximum absolute atomic E-state index is 13.1. The minimum atomic E-state index is -0.0686. The Morgan fingerprint density at radius 3 is 2.59 bits per heavy atom. The highest BCUT2D eigenvalue weighted by Crippen LogP contribution is 2.34. The predicted octanol–water partition coefficient (Wildman–Crippen LogP) is 5.10. The molecule has 0 N–H and O–H groups in total. The van der Waals surface area contributed by atoms with Gasteiger partial charge >= 0.3 is 0 Å². The van der Waals surface area contributed by atoms with Crippen molar-refractivity contribution in [1.82, 2.24) is 4.98 Å². The van der Waals surface area contributed by atoms with Crippen LogP contribution in [0.2, 0.25) is 0 Å². The number of benzene rings is 2. The van der Waals surface area contributed by atoms with Crippen molar-refractivity contribution in [3.05, 3.63) is 88.6 Å². The molecule has 1 aliphatic rings. The number of oxazole rings is 1. The number of amides is 1. The molecule has 5 rings (SSSR count). The summed E-state index contributed by atoms with van der Waals surface area (Å²) in [5.41, 5.74) is 4.34. The summed E-state index contributed by atoms with van der Waals surface area (Å²) in [6, 6.07) is 19.5. The van der Waals surface area contributed by atoms with Crippen LogP contribution >= 0.6 is 11.3 Å². The van der Waals surface area contributed by atoms with Crippen LogP contribution in [-0.4, -0.2) is 30.3 Å². The maximum atomic E-state index is 13.1. The normalized spacial score (nSPS) is 13.5. The molecule has 0 saturated heterocycles. The lowest BCUT2D eigenvalue weighted by atomic mass is 10.0. The van der Waals surface area contributed by atoms with Gasteiger partial charge in [-0.05, 0) is 54.8 Å². The molecule has 0 saturated carbocycles. The van der Waals surface area contributed by atoms with E-state index in [0.717, 1.165) is 38.8 Å². The fourth-order valence-corrected chi connectivity index (χ4v) is 4.62. The Balaban J connectivity index is 1.48. The topological polar surface area (TPSA) is 67.9 Å². The Morgan fingerprint density at radius 2 is 1.84 bits per heavy atom. The van der Waals surface area contributed by atoms with E-state index in [0.29, 0.717) is 18.2 Å². The Kier molecular flexibility index (Phi) is 5.33. The van der Waals surface area contributed by atoms with Crippen molar-refractivity contribution in [2.45, 2.75) is 13.5 Å². The highest BCUT2D eigenvalue weighted by Gasteiger charge is 2.28. The standard InChI is InChI=1S/C25H21N3O3S/c1-16-21(27-24(31-16)18-6-4-3-5-7-18)15-28-22(29)14-26-23(20-12-13-32-25(20)28)17-8-10-19(30-2)11-9-17/h3-13H,14-15H2,1-2H3. The van der Waals surface area contributed by atoms with Gasteiger partial charge < -0.3 is 9.15 Å². The molecule has 6 nitrogen and oxygen atoms in total. The van der Waals surface area contributed by atoms with E-state index in [1.807, 2.05) is 73.0 Å². The zero-order valence-corrected chi connectivity index (χ0v) is 18.6. The number of anilines is 1. The van der Waals surface area contributed by atoms with Gasteiger partial charge in [0.15, 0.2) is 0 Å². The van der Waals surface area contributed by atoms with Gasteiger partial charge in [0.05, 0.1) is 19.4 Å². The average molecular weight is 444 g/mol. The van der Waals surface area contributed by atoms with Crippen LogP contribution in [0.25, 0.3) is 11.5 Å². The Bertz CT molecular complexity index is 1290. The quantitative estimate of drug-likeness (QED) is 0.430. The number of aromatic nitrogens is 1. The lowest BCUT2D eigenvalue weighted by Crippen LogP contribution is -2.31. The number of aliphatic imine (C=N–C) groups is 1. The van der Waals surface area contributed by atoms with Gasteiger partial charge in [0.25, 0.3) is 0 Å². The molecular formula is C25H21N3O3S. The smallest absolute Gasteiger partial charge is 0.249 e. The van der Waals surface area contributed by atoms with Gasteiger partial charge in [-0.15, -0.1) is 11.3 Å². The SMILES string of the molecule is COc1ccc(C2=NCC(=O)N(Cc3nc(-c4ccccc4)oc3C)c3sccc32)cc1. The van der Waals surface area contributed by atoms with Crippen LogP contribution in [0.15, 0.2) is 75.5 Å². The number of thiophene rings is 1. The second kappa shape index (κ2) is 8.43.